The first-order chi connectivity index (χ1) is 12.0. The average Bonchev–Trinajstić information content (AvgIpc) is 2.61. The number of carbonyl (C=O) groups is 1. The Morgan fingerprint density at radius 3 is 2.48 bits per heavy atom. The van der Waals surface area contributed by atoms with Gasteiger partial charge in [0.25, 0.3) is 0 Å². The summed E-state index contributed by atoms with van der Waals surface area (Å²) in [5.74, 6) is -0.169. The maximum absolute atomic E-state index is 13.8. The second kappa shape index (κ2) is 7.66. The van der Waals surface area contributed by atoms with Crippen LogP contribution in [-0.4, -0.2) is 42.0 Å². The first kappa shape index (κ1) is 17.4. The van der Waals surface area contributed by atoms with Crippen LogP contribution >= 0.6 is 0 Å². The van der Waals surface area contributed by atoms with Crippen molar-refractivity contribution in [1.82, 2.24) is 9.80 Å². The Hall–Kier alpha value is -2.40. The number of amides is 2. The topological polar surface area (TPSA) is 35.6 Å². The number of piperazine rings is 1. The lowest BCUT2D eigenvalue weighted by Crippen LogP contribution is -2.49. The van der Waals surface area contributed by atoms with Crippen molar-refractivity contribution >= 4 is 11.7 Å². The van der Waals surface area contributed by atoms with E-state index < -0.39 is 0 Å². The van der Waals surface area contributed by atoms with Crippen molar-refractivity contribution in [3.05, 3.63) is 65.0 Å². The number of hydrogen-bond donors (Lipinski definition) is 1. The van der Waals surface area contributed by atoms with Gasteiger partial charge in [0.15, 0.2) is 0 Å². The van der Waals surface area contributed by atoms with Gasteiger partial charge < -0.3 is 10.2 Å². The number of rotatable bonds is 3. The lowest BCUT2D eigenvalue weighted by molar-refractivity contribution is 0.142. The van der Waals surface area contributed by atoms with Crippen molar-refractivity contribution in [1.29, 1.82) is 0 Å². The van der Waals surface area contributed by atoms with Crippen molar-refractivity contribution in [2.75, 3.05) is 31.5 Å². The standard InChI is InChI=1S/C20H24FN3O/c1-15-6-5-9-19(16(15)2)22-20(25)24-12-10-23(11-13-24)14-17-7-3-4-8-18(17)21/h3-9H,10-14H2,1-2H3,(H,22,25). The molecule has 0 unspecified atom stereocenters. The monoisotopic (exact) mass is 341 g/mol. The normalized spacial score (nSPS) is 15.2. The zero-order valence-electron chi connectivity index (χ0n) is 14.8. The molecule has 1 fully saturated rings. The van der Waals surface area contributed by atoms with Crippen LogP contribution < -0.4 is 5.32 Å². The Labute approximate surface area is 148 Å². The largest absolute Gasteiger partial charge is 0.322 e. The van der Waals surface area contributed by atoms with E-state index in [0.717, 1.165) is 29.9 Å². The second-order valence-corrected chi connectivity index (χ2v) is 6.53. The van der Waals surface area contributed by atoms with E-state index in [9.17, 15) is 9.18 Å². The van der Waals surface area contributed by atoms with E-state index in [0.29, 0.717) is 25.2 Å². The number of hydrogen-bond acceptors (Lipinski definition) is 2. The second-order valence-electron chi connectivity index (χ2n) is 6.53. The fourth-order valence-electron chi connectivity index (χ4n) is 3.06. The van der Waals surface area contributed by atoms with E-state index in [2.05, 4.69) is 10.2 Å². The minimum atomic E-state index is -0.169. The molecule has 0 radical (unpaired) electrons. The number of benzene rings is 2. The predicted molar refractivity (Wildman–Crippen MR) is 98.2 cm³/mol. The maximum atomic E-state index is 13.8. The van der Waals surface area contributed by atoms with E-state index in [4.69, 9.17) is 0 Å². The molecular formula is C20H24FN3O. The highest BCUT2D eigenvalue weighted by molar-refractivity contribution is 5.90. The fourth-order valence-corrected chi connectivity index (χ4v) is 3.06. The van der Waals surface area contributed by atoms with E-state index >= 15 is 0 Å². The predicted octanol–water partition coefficient (Wildman–Crippen LogP) is 3.79. The molecule has 1 saturated heterocycles. The third-order valence-electron chi connectivity index (χ3n) is 4.86. The van der Waals surface area contributed by atoms with Crippen molar-refractivity contribution in [2.45, 2.75) is 20.4 Å². The van der Waals surface area contributed by atoms with Crippen molar-refractivity contribution in [3.63, 3.8) is 0 Å². The Balaban J connectivity index is 1.54. The highest BCUT2D eigenvalue weighted by atomic mass is 19.1. The minimum absolute atomic E-state index is 0.0701. The van der Waals surface area contributed by atoms with E-state index in [1.54, 1.807) is 6.07 Å². The van der Waals surface area contributed by atoms with Gasteiger partial charge in [-0.25, -0.2) is 9.18 Å². The van der Waals surface area contributed by atoms with Crippen LogP contribution in [0.3, 0.4) is 0 Å². The summed E-state index contributed by atoms with van der Waals surface area (Å²) < 4.78 is 13.8. The maximum Gasteiger partial charge on any atom is 0.321 e. The van der Waals surface area contributed by atoms with Crippen LogP contribution in [0.2, 0.25) is 0 Å². The highest BCUT2D eigenvalue weighted by Gasteiger charge is 2.22. The van der Waals surface area contributed by atoms with Gasteiger partial charge in [0, 0.05) is 44.0 Å². The zero-order chi connectivity index (χ0) is 17.8. The molecular weight excluding hydrogens is 317 g/mol. The molecule has 1 N–H and O–H groups in total. The molecule has 4 nitrogen and oxygen atoms in total. The summed E-state index contributed by atoms with van der Waals surface area (Å²) in [6.45, 7) is 7.41. The van der Waals surface area contributed by atoms with Crippen LogP contribution in [0.15, 0.2) is 42.5 Å². The van der Waals surface area contributed by atoms with Crippen molar-refractivity contribution in [2.24, 2.45) is 0 Å². The first-order valence-electron chi connectivity index (χ1n) is 8.62. The Morgan fingerprint density at radius 2 is 1.76 bits per heavy atom. The average molecular weight is 341 g/mol. The van der Waals surface area contributed by atoms with Crippen LogP contribution in [0.1, 0.15) is 16.7 Å². The third-order valence-corrected chi connectivity index (χ3v) is 4.86. The molecule has 1 aliphatic heterocycles. The number of nitrogens with one attached hydrogen (secondary N) is 1. The summed E-state index contributed by atoms with van der Waals surface area (Å²) in [7, 11) is 0. The first-order valence-corrected chi connectivity index (χ1v) is 8.62. The van der Waals surface area contributed by atoms with Gasteiger partial charge in [-0.15, -0.1) is 0 Å². The molecule has 1 aliphatic rings. The van der Waals surface area contributed by atoms with Crippen LogP contribution in [0.25, 0.3) is 0 Å². The van der Waals surface area contributed by atoms with Gasteiger partial charge in [-0.2, -0.15) is 0 Å². The van der Waals surface area contributed by atoms with Gasteiger partial charge in [0.2, 0.25) is 0 Å². The number of nitrogens with zero attached hydrogens (tertiary/aromatic N) is 2. The fraction of sp³-hybridized carbons (Fsp3) is 0.350. The van der Waals surface area contributed by atoms with Gasteiger partial charge in [-0.05, 0) is 37.1 Å². The lowest BCUT2D eigenvalue weighted by Gasteiger charge is -2.34. The number of urea groups is 1. The van der Waals surface area contributed by atoms with E-state index in [-0.39, 0.29) is 11.8 Å². The summed E-state index contributed by atoms with van der Waals surface area (Å²) in [6.07, 6.45) is 0. The molecule has 0 spiro atoms. The Kier molecular flexibility index (Phi) is 5.34. The smallest absolute Gasteiger partial charge is 0.321 e. The summed E-state index contributed by atoms with van der Waals surface area (Å²) in [4.78, 5) is 16.5. The lowest BCUT2D eigenvalue weighted by atomic mass is 10.1. The molecule has 0 aliphatic carbocycles. The van der Waals surface area contributed by atoms with E-state index in [1.807, 2.05) is 49.1 Å². The summed E-state index contributed by atoms with van der Waals surface area (Å²) in [6, 6.07) is 12.7. The molecule has 2 amide bonds. The molecule has 0 atom stereocenters. The molecule has 5 heteroatoms. The van der Waals surface area contributed by atoms with Gasteiger partial charge >= 0.3 is 6.03 Å². The van der Waals surface area contributed by atoms with E-state index in [1.165, 1.54) is 6.07 Å². The quantitative estimate of drug-likeness (QED) is 0.922. The molecule has 1 heterocycles. The molecule has 2 aromatic carbocycles. The number of aryl methyl sites for hydroxylation is 1. The molecule has 0 aromatic heterocycles. The molecule has 2 aromatic rings. The highest BCUT2D eigenvalue weighted by Crippen LogP contribution is 2.19. The van der Waals surface area contributed by atoms with Crippen LogP contribution in [-0.2, 0) is 6.54 Å². The van der Waals surface area contributed by atoms with Gasteiger partial charge in [0.05, 0.1) is 0 Å². The molecule has 25 heavy (non-hydrogen) atoms. The molecule has 0 saturated carbocycles. The summed E-state index contributed by atoms with van der Waals surface area (Å²) >= 11 is 0. The van der Waals surface area contributed by atoms with Crippen LogP contribution in [0.4, 0.5) is 14.9 Å². The zero-order valence-corrected chi connectivity index (χ0v) is 14.8. The minimum Gasteiger partial charge on any atom is -0.322 e. The van der Waals surface area contributed by atoms with Gasteiger partial charge in [-0.1, -0.05) is 30.3 Å². The Bertz CT molecular complexity index is 754. The third kappa shape index (κ3) is 4.17. The molecule has 0 bridgehead atoms. The number of carbonyl (C=O) groups excluding carboxylic acids is 1. The summed E-state index contributed by atoms with van der Waals surface area (Å²) in [5, 5.41) is 3.00. The van der Waals surface area contributed by atoms with Crippen LogP contribution in [0.5, 0.6) is 0 Å². The van der Waals surface area contributed by atoms with Crippen LogP contribution in [0, 0.1) is 19.7 Å². The van der Waals surface area contributed by atoms with Crippen molar-refractivity contribution < 1.29 is 9.18 Å². The van der Waals surface area contributed by atoms with Crippen molar-refractivity contribution in [3.8, 4) is 0 Å². The Morgan fingerprint density at radius 1 is 1.04 bits per heavy atom. The van der Waals surface area contributed by atoms with Gasteiger partial charge in [-0.3, -0.25) is 4.90 Å². The number of anilines is 1. The summed E-state index contributed by atoms with van der Waals surface area (Å²) in [5.41, 5.74) is 3.82. The molecule has 3 rings (SSSR count). The number of halogens is 1. The SMILES string of the molecule is Cc1cccc(NC(=O)N2CCN(Cc3ccccc3F)CC2)c1C. The molecule has 132 valence electrons. The van der Waals surface area contributed by atoms with Gasteiger partial charge in [0.1, 0.15) is 5.82 Å².